The van der Waals surface area contributed by atoms with Gasteiger partial charge < -0.3 is 0 Å². The van der Waals surface area contributed by atoms with Crippen molar-refractivity contribution in [1.29, 1.82) is 0 Å². The zero-order valence-electron chi connectivity index (χ0n) is 10.4. The molecule has 0 bridgehead atoms. The Morgan fingerprint density at radius 1 is 1.10 bits per heavy atom. The van der Waals surface area contributed by atoms with Crippen LogP contribution >= 0.6 is 0 Å². The largest absolute Gasteiger partial charge is 0.254 e. The monoisotopic (exact) mass is 269 g/mol. The van der Waals surface area contributed by atoms with E-state index in [1.54, 1.807) is 16.5 Å². The van der Waals surface area contributed by atoms with Gasteiger partial charge in [-0.15, -0.1) is 0 Å². The van der Waals surface area contributed by atoms with Crippen LogP contribution in [0.15, 0.2) is 28.9 Å². The van der Waals surface area contributed by atoms with Crippen LogP contribution in [0.25, 0.3) is 34.4 Å². The van der Waals surface area contributed by atoms with Crippen molar-refractivity contribution in [3.8, 4) is 11.4 Å². The summed E-state index contributed by atoms with van der Waals surface area (Å²) in [5.41, 5.74) is 2.35. The molecule has 7 heteroatoms. The van der Waals surface area contributed by atoms with Gasteiger partial charge in [-0.1, -0.05) is 6.08 Å². The maximum Gasteiger partial charge on any atom is 0.244 e. The van der Waals surface area contributed by atoms with Crippen molar-refractivity contribution in [2.75, 3.05) is 0 Å². The molecule has 0 unspecified atom stereocenters. The Bertz CT molecular complexity index is 970. The summed E-state index contributed by atoms with van der Waals surface area (Å²) in [6.45, 7) is 1.88. The van der Waals surface area contributed by atoms with E-state index in [9.17, 15) is 4.39 Å². The van der Waals surface area contributed by atoms with Crippen molar-refractivity contribution < 1.29 is 9.02 Å². The van der Waals surface area contributed by atoms with Gasteiger partial charge in [0.05, 0.1) is 0 Å². The van der Waals surface area contributed by atoms with Gasteiger partial charge in [0.1, 0.15) is 17.0 Å². The van der Waals surface area contributed by atoms with E-state index < -0.39 is 0 Å². The van der Waals surface area contributed by atoms with Crippen molar-refractivity contribution >= 4 is 23.0 Å². The highest BCUT2D eigenvalue weighted by Crippen LogP contribution is 2.21. The smallest absolute Gasteiger partial charge is 0.244 e. The van der Waals surface area contributed by atoms with Gasteiger partial charge in [-0.3, -0.25) is 4.40 Å². The molecule has 20 heavy (non-hydrogen) atoms. The zero-order valence-corrected chi connectivity index (χ0v) is 10.4. The first kappa shape index (κ1) is 11.0. The van der Waals surface area contributed by atoms with Crippen LogP contribution in [0.2, 0.25) is 0 Å². The molecular formula is C13H8FN5O. The molecule has 0 atom stereocenters. The van der Waals surface area contributed by atoms with E-state index in [2.05, 4.69) is 24.9 Å². The lowest BCUT2D eigenvalue weighted by Crippen LogP contribution is -2.01. The van der Waals surface area contributed by atoms with Crippen LogP contribution in [0.1, 0.15) is 6.92 Å². The number of nitrogens with zero attached hydrogens (tertiary/aromatic N) is 5. The number of rotatable bonds is 1. The summed E-state index contributed by atoms with van der Waals surface area (Å²) < 4.78 is 19.5. The molecule has 4 rings (SSSR count). The second-order valence-corrected chi connectivity index (χ2v) is 4.30. The molecule has 3 aromatic heterocycles. The Labute approximate surface area is 111 Å². The second kappa shape index (κ2) is 3.83. The molecule has 0 N–H and O–H groups in total. The molecule has 0 fully saturated rings. The number of halogens is 1. The SMILES string of the molecule is CC=c1nc(-c2ccc(F)cc2)n2c1nc1nonc12. The maximum absolute atomic E-state index is 13.0. The summed E-state index contributed by atoms with van der Waals surface area (Å²) in [6, 6.07) is 6.10. The van der Waals surface area contributed by atoms with Crippen molar-refractivity contribution in [3.05, 3.63) is 35.4 Å². The zero-order chi connectivity index (χ0) is 13.7. The third-order valence-electron chi connectivity index (χ3n) is 3.13. The number of imidazole rings is 2. The van der Waals surface area contributed by atoms with Crippen molar-refractivity contribution in [2.45, 2.75) is 6.92 Å². The minimum absolute atomic E-state index is 0.294. The molecular weight excluding hydrogens is 261 g/mol. The molecule has 0 aliphatic heterocycles. The first-order valence-corrected chi connectivity index (χ1v) is 6.00. The summed E-state index contributed by atoms with van der Waals surface area (Å²) in [7, 11) is 0. The van der Waals surface area contributed by atoms with Crippen LogP contribution in [0.3, 0.4) is 0 Å². The van der Waals surface area contributed by atoms with Gasteiger partial charge in [-0.25, -0.2) is 19.0 Å². The lowest BCUT2D eigenvalue weighted by Gasteiger charge is -1.97. The molecule has 0 aliphatic carbocycles. The minimum Gasteiger partial charge on any atom is -0.254 e. The van der Waals surface area contributed by atoms with Gasteiger partial charge in [0.2, 0.25) is 11.3 Å². The Hall–Kier alpha value is -2.83. The summed E-state index contributed by atoms with van der Waals surface area (Å²) in [5, 5.41) is 8.30. The van der Waals surface area contributed by atoms with Crippen LogP contribution < -0.4 is 5.35 Å². The summed E-state index contributed by atoms with van der Waals surface area (Å²) in [5.74, 6) is 0.337. The predicted octanol–water partition coefficient (Wildman–Crippen LogP) is 1.59. The lowest BCUT2D eigenvalue weighted by atomic mass is 10.2. The van der Waals surface area contributed by atoms with Gasteiger partial charge in [0, 0.05) is 5.56 Å². The van der Waals surface area contributed by atoms with E-state index in [0.717, 1.165) is 10.9 Å². The van der Waals surface area contributed by atoms with E-state index in [1.807, 2.05) is 13.0 Å². The van der Waals surface area contributed by atoms with Gasteiger partial charge in [0.15, 0.2) is 5.65 Å². The molecule has 98 valence electrons. The predicted molar refractivity (Wildman–Crippen MR) is 69.1 cm³/mol. The Morgan fingerprint density at radius 3 is 2.65 bits per heavy atom. The van der Waals surface area contributed by atoms with Crippen LogP contribution in [-0.4, -0.2) is 24.7 Å². The van der Waals surface area contributed by atoms with Crippen molar-refractivity contribution in [1.82, 2.24) is 24.7 Å². The van der Waals surface area contributed by atoms with Crippen LogP contribution in [-0.2, 0) is 0 Å². The Balaban J connectivity index is 2.14. The fourth-order valence-electron chi connectivity index (χ4n) is 2.21. The topological polar surface area (TPSA) is 69.1 Å². The minimum atomic E-state index is -0.294. The maximum atomic E-state index is 13.0. The highest BCUT2D eigenvalue weighted by atomic mass is 19.1. The van der Waals surface area contributed by atoms with E-state index in [-0.39, 0.29) is 5.82 Å². The molecule has 4 aromatic rings. The van der Waals surface area contributed by atoms with Gasteiger partial charge in [-0.2, -0.15) is 0 Å². The fraction of sp³-hybridized carbons (Fsp3) is 0.0769. The Kier molecular flexibility index (Phi) is 2.11. The molecule has 0 amide bonds. The quantitative estimate of drug-likeness (QED) is 0.525. The second-order valence-electron chi connectivity index (χ2n) is 4.30. The van der Waals surface area contributed by atoms with E-state index >= 15 is 0 Å². The summed E-state index contributed by atoms with van der Waals surface area (Å²) >= 11 is 0. The fourth-order valence-corrected chi connectivity index (χ4v) is 2.21. The van der Waals surface area contributed by atoms with Crippen molar-refractivity contribution in [3.63, 3.8) is 0 Å². The molecule has 0 spiro atoms. The third-order valence-corrected chi connectivity index (χ3v) is 3.13. The van der Waals surface area contributed by atoms with Gasteiger partial charge in [0.25, 0.3) is 0 Å². The Morgan fingerprint density at radius 2 is 1.90 bits per heavy atom. The number of aromatic nitrogens is 5. The summed E-state index contributed by atoms with van der Waals surface area (Å²) in [6.07, 6.45) is 1.85. The third kappa shape index (κ3) is 1.37. The standard InChI is InChI=1S/C13H8FN5O/c1-2-9-12-16-10-13(18-20-17-10)19(12)11(15-9)7-3-5-8(14)6-4-7/h2-6H,1H3. The average Bonchev–Trinajstić information content (AvgIpc) is 3.10. The molecule has 3 heterocycles. The van der Waals surface area contributed by atoms with Crippen molar-refractivity contribution in [2.24, 2.45) is 0 Å². The number of hydrogen-bond acceptors (Lipinski definition) is 5. The first-order chi connectivity index (χ1) is 9.78. The van der Waals surface area contributed by atoms with E-state index in [0.29, 0.717) is 22.8 Å². The highest BCUT2D eigenvalue weighted by molar-refractivity contribution is 5.77. The molecule has 0 radical (unpaired) electrons. The summed E-state index contributed by atoms with van der Waals surface area (Å²) in [4.78, 5) is 8.85. The molecule has 0 saturated carbocycles. The molecule has 6 nitrogen and oxygen atoms in total. The average molecular weight is 269 g/mol. The molecule has 0 aliphatic rings. The highest BCUT2D eigenvalue weighted by Gasteiger charge is 2.18. The number of benzene rings is 1. The normalized spacial score (nSPS) is 12.8. The number of fused-ring (bicyclic) bond motifs is 3. The van der Waals surface area contributed by atoms with Crippen LogP contribution in [0.4, 0.5) is 4.39 Å². The van der Waals surface area contributed by atoms with E-state index in [4.69, 9.17) is 0 Å². The lowest BCUT2D eigenvalue weighted by molar-refractivity contribution is 0.313. The van der Waals surface area contributed by atoms with Gasteiger partial charge in [-0.05, 0) is 41.5 Å². The van der Waals surface area contributed by atoms with E-state index in [1.165, 1.54) is 12.1 Å². The number of hydrogen-bond donors (Lipinski definition) is 0. The molecule has 0 saturated heterocycles. The molecule has 1 aromatic carbocycles. The first-order valence-electron chi connectivity index (χ1n) is 6.00. The van der Waals surface area contributed by atoms with Crippen LogP contribution in [0, 0.1) is 5.82 Å². The van der Waals surface area contributed by atoms with Crippen LogP contribution in [0.5, 0.6) is 0 Å². The van der Waals surface area contributed by atoms with Gasteiger partial charge >= 0.3 is 0 Å².